The molecule has 8 nitrogen and oxygen atoms in total. The number of benzene rings is 1. The van der Waals surface area contributed by atoms with Gasteiger partial charge in [0, 0.05) is 43.2 Å². The smallest absolute Gasteiger partial charge is 0.419 e. The number of pyridine rings is 1. The van der Waals surface area contributed by atoms with Gasteiger partial charge in [0.25, 0.3) is 5.91 Å². The molecule has 3 atom stereocenters. The maximum absolute atomic E-state index is 14.8. The first-order valence-electron chi connectivity index (χ1n) is 13.2. The van der Waals surface area contributed by atoms with Gasteiger partial charge in [0.05, 0.1) is 30.1 Å². The highest BCUT2D eigenvalue weighted by atomic mass is 19.4. The van der Waals surface area contributed by atoms with Crippen LogP contribution in [0.25, 0.3) is 11.0 Å². The molecule has 2 aliphatic rings. The summed E-state index contributed by atoms with van der Waals surface area (Å²) in [7, 11) is 3.04. The molecule has 5 rings (SSSR count). The van der Waals surface area contributed by atoms with E-state index in [-0.39, 0.29) is 57.5 Å². The monoisotopic (exact) mass is 553 g/mol. The normalized spacial score (nSPS) is 20.6. The lowest BCUT2D eigenvalue weighted by atomic mass is 9.79. The van der Waals surface area contributed by atoms with E-state index in [0.29, 0.717) is 18.7 Å². The maximum atomic E-state index is 14.8. The predicted molar refractivity (Wildman–Crippen MR) is 142 cm³/mol. The molecule has 3 heterocycles. The Morgan fingerprint density at radius 2 is 1.88 bits per heavy atom. The van der Waals surface area contributed by atoms with Crippen molar-refractivity contribution in [1.82, 2.24) is 14.5 Å². The van der Waals surface area contributed by atoms with Crippen LogP contribution in [0.4, 0.5) is 18.9 Å². The summed E-state index contributed by atoms with van der Waals surface area (Å²) in [5, 5.41) is 11.7. The van der Waals surface area contributed by atoms with Gasteiger partial charge in [-0.1, -0.05) is 13.8 Å². The van der Waals surface area contributed by atoms with Crippen molar-refractivity contribution in [2.75, 3.05) is 25.5 Å². The highest BCUT2D eigenvalue weighted by molar-refractivity contribution is 6.06. The van der Waals surface area contributed by atoms with E-state index in [1.54, 1.807) is 17.8 Å². The molecular weight excluding hydrogens is 523 g/mol. The molecule has 1 saturated carbocycles. The zero-order chi connectivity index (χ0) is 28.9. The molecule has 0 unspecified atom stereocenters. The van der Waals surface area contributed by atoms with E-state index >= 15 is 0 Å². The topological polar surface area (TPSA) is 100 Å². The lowest BCUT2D eigenvalue weighted by Gasteiger charge is -2.39. The Bertz CT molecular complexity index is 1520. The molecule has 40 heavy (non-hydrogen) atoms. The number of likely N-dealkylation sites (tertiary alicyclic amines) is 1. The van der Waals surface area contributed by atoms with Crippen molar-refractivity contribution in [3.05, 3.63) is 52.8 Å². The number of piperidine rings is 1. The minimum atomic E-state index is -4.79. The van der Waals surface area contributed by atoms with Crippen molar-refractivity contribution in [2.45, 2.75) is 38.8 Å². The van der Waals surface area contributed by atoms with Crippen LogP contribution in [0.5, 0.6) is 5.75 Å². The molecule has 1 saturated heterocycles. The van der Waals surface area contributed by atoms with E-state index in [2.05, 4.69) is 10.3 Å². The van der Waals surface area contributed by atoms with Gasteiger partial charge >= 0.3 is 6.18 Å². The molecule has 11 heteroatoms. The molecule has 2 bridgehead atoms. The van der Waals surface area contributed by atoms with Crippen LogP contribution in [0.2, 0.25) is 0 Å². The van der Waals surface area contributed by atoms with Gasteiger partial charge in [0.2, 0.25) is 5.91 Å². The quantitative estimate of drug-likeness (QED) is 0.460. The fourth-order valence-corrected chi connectivity index (χ4v) is 6.42. The number of aromatic nitrogens is 2. The van der Waals surface area contributed by atoms with Crippen molar-refractivity contribution >= 4 is 28.5 Å². The first kappa shape index (κ1) is 27.5. The molecule has 1 aliphatic carbocycles. The van der Waals surface area contributed by atoms with E-state index in [1.165, 1.54) is 25.3 Å². The number of methoxy groups -OCH3 is 1. The Hall–Kier alpha value is -4.07. The van der Waals surface area contributed by atoms with Crippen LogP contribution in [0.3, 0.4) is 0 Å². The summed E-state index contributed by atoms with van der Waals surface area (Å²) in [6.07, 6.45) is -0.378. The molecule has 0 spiro atoms. The van der Waals surface area contributed by atoms with Crippen LogP contribution in [-0.2, 0) is 18.0 Å². The van der Waals surface area contributed by atoms with Crippen LogP contribution < -0.4 is 10.1 Å². The molecule has 1 aromatic carbocycles. The number of nitriles is 1. The Balaban J connectivity index is 1.57. The Morgan fingerprint density at radius 3 is 2.45 bits per heavy atom. The van der Waals surface area contributed by atoms with Crippen molar-refractivity contribution in [3.8, 4) is 11.8 Å². The number of carbonyl (C=O) groups is 2. The van der Waals surface area contributed by atoms with Gasteiger partial charge in [-0.05, 0) is 54.4 Å². The summed E-state index contributed by atoms with van der Waals surface area (Å²) in [5.74, 6) is -0.713. The number of alkyl halides is 3. The van der Waals surface area contributed by atoms with Crippen molar-refractivity contribution < 1.29 is 27.5 Å². The van der Waals surface area contributed by atoms with Crippen LogP contribution in [0.15, 0.2) is 30.6 Å². The molecule has 0 radical (unpaired) electrons. The molecule has 1 aliphatic heterocycles. The Kier molecular flexibility index (Phi) is 6.98. The summed E-state index contributed by atoms with van der Waals surface area (Å²) in [6, 6.07) is 5.99. The summed E-state index contributed by atoms with van der Waals surface area (Å²) >= 11 is 0. The summed E-state index contributed by atoms with van der Waals surface area (Å²) in [4.78, 5) is 31.9. The van der Waals surface area contributed by atoms with Crippen LogP contribution in [0.1, 0.15) is 59.7 Å². The third-order valence-corrected chi connectivity index (χ3v) is 8.13. The first-order valence-corrected chi connectivity index (χ1v) is 13.2. The minimum absolute atomic E-state index is 0.0130. The van der Waals surface area contributed by atoms with E-state index in [4.69, 9.17) is 4.74 Å². The van der Waals surface area contributed by atoms with E-state index < -0.39 is 23.3 Å². The zero-order valence-electron chi connectivity index (χ0n) is 22.7. The molecule has 3 aromatic rings. The number of nitrogens with one attached hydrogen (secondary N) is 1. The number of rotatable bonds is 5. The fraction of sp³-hybridized carbons (Fsp3) is 0.448. The summed E-state index contributed by atoms with van der Waals surface area (Å²) < 4.78 is 51.0. The molecule has 1 N–H and O–H groups in total. The number of ether oxygens (including phenoxy) is 1. The van der Waals surface area contributed by atoms with Crippen molar-refractivity contribution in [3.63, 3.8) is 0 Å². The number of hydrogen-bond acceptors (Lipinski definition) is 5. The first-order chi connectivity index (χ1) is 18.9. The van der Waals surface area contributed by atoms with Gasteiger partial charge in [-0.25, -0.2) is 4.98 Å². The standard InChI is InChI=1S/C29H30F3N5O3/c1-15(2)28(39)37-12-17-5-6-18(13-37)23(17)20-14-36(3)26-24(20)25(29(30,31)32)21(11-34-26)35-27(38)16-7-8-22(40-4)19(9-16)10-33/h7-9,11,14-15,17-18,23H,5-6,12-13H2,1-4H3,(H,35,38)/t17-,18+,23+. The van der Waals surface area contributed by atoms with Gasteiger partial charge in [-0.15, -0.1) is 0 Å². The number of amides is 2. The minimum Gasteiger partial charge on any atom is -0.495 e. The van der Waals surface area contributed by atoms with Crippen LogP contribution in [-0.4, -0.2) is 46.5 Å². The molecule has 210 valence electrons. The average molecular weight is 554 g/mol. The number of fused-ring (bicyclic) bond motifs is 3. The number of halogens is 3. The van der Waals surface area contributed by atoms with Gasteiger partial charge in [0.1, 0.15) is 17.5 Å². The lowest BCUT2D eigenvalue weighted by molar-refractivity contribution is -0.137. The molecule has 2 fully saturated rings. The Morgan fingerprint density at radius 1 is 1.20 bits per heavy atom. The third kappa shape index (κ3) is 4.65. The van der Waals surface area contributed by atoms with Crippen LogP contribution >= 0.6 is 0 Å². The summed E-state index contributed by atoms with van der Waals surface area (Å²) in [5.41, 5.74) is -0.575. The van der Waals surface area contributed by atoms with Crippen molar-refractivity contribution in [1.29, 1.82) is 5.26 Å². The third-order valence-electron chi connectivity index (χ3n) is 8.13. The second-order valence-corrected chi connectivity index (χ2v) is 10.9. The van der Waals surface area contributed by atoms with Gasteiger partial charge in [0.15, 0.2) is 0 Å². The number of aryl methyl sites for hydroxylation is 1. The SMILES string of the molecule is COc1ccc(C(=O)Nc2cnc3c(c([C@H]4[C@@H]5CC[C@H]4CN(C(=O)C(C)C)C5)cn3C)c2C(F)(F)F)cc1C#N. The average Bonchev–Trinajstić information content (AvgIpc) is 3.37. The van der Waals surface area contributed by atoms with Gasteiger partial charge < -0.3 is 19.5 Å². The molecule has 2 amide bonds. The van der Waals surface area contributed by atoms with Gasteiger partial charge in [-0.2, -0.15) is 18.4 Å². The largest absolute Gasteiger partial charge is 0.495 e. The number of nitrogens with zero attached hydrogens (tertiary/aromatic N) is 4. The van der Waals surface area contributed by atoms with Crippen LogP contribution in [0, 0.1) is 29.1 Å². The van der Waals surface area contributed by atoms with Gasteiger partial charge in [-0.3, -0.25) is 9.59 Å². The highest BCUT2D eigenvalue weighted by Gasteiger charge is 2.47. The lowest BCUT2D eigenvalue weighted by Crippen LogP contribution is -2.45. The van der Waals surface area contributed by atoms with Crippen molar-refractivity contribution in [2.24, 2.45) is 24.8 Å². The molecule has 2 aromatic heterocycles. The van der Waals surface area contributed by atoms with E-state index in [1.807, 2.05) is 24.8 Å². The second-order valence-electron chi connectivity index (χ2n) is 10.9. The predicted octanol–water partition coefficient (Wildman–Crippen LogP) is 5.33. The maximum Gasteiger partial charge on any atom is 0.419 e. The number of anilines is 1. The molecular formula is C29H30F3N5O3. The summed E-state index contributed by atoms with van der Waals surface area (Å²) in [6.45, 7) is 4.73. The fourth-order valence-electron chi connectivity index (χ4n) is 6.42. The van der Waals surface area contributed by atoms with E-state index in [9.17, 15) is 28.0 Å². The highest BCUT2D eigenvalue weighted by Crippen LogP contribution is 2.52. The number of hydrogen-bond donors (Lipinski definition) is 1. The van der Waals surface area contributed by atoms with E-state index in [0.717, 1.165) is 19.0 Å². The zero-order valence-corrected chi connectivity index (χ0v) is 22.7. The Labute approximate surface area is 229 Å². The number of carbonyl (C=O) groups excluding carboxylic acids is 2. The second kappa shape index (κ2) is 10.2.